The lowest BCUT2D eigenvalue weighted by Crippen LogP contribution is -2.04. The van der Waals surface area contributed by atoms with Crippen molar-refractivity contribution in [1.82, 2.24) is 19.6 Å². The van der Waals surface area contributed by atoms with E-state index in [1.54, 1.807) is 18.6 Å². The molecular formula is C23H23FN4O3S. The molecule has 9 heteroatoms. The van der Waals surface area contributed by atoms with Crippen molar-refractivity contribution >= 4 is 15.5 Å². The van der Waals surface area contributed by atoms with Gasteiger partial charge >= 0.3 is 0 Å². The Morgan fingerprint density at radius 3 is 2.56 bits per heavy atom. The van der Waals surface area contributed by atoms with Crippen molar-refractivity contribution in [2.75, 3.05) is 13.4 Å². The molecule has 0 saturated carbocycles. The third kappa shape index (κ3) is 4.08. The molecule has 4 aromatic rings. The molecule has 0 unspecified atom stereocenters. The summed E-state index contributed by atoms with van der Waals surface area (Å²) >= 11 is 0. The summed E-state index contributed by atoms with van der Waals surface area (Å²) in [6, 6.07) is 8.73. The van der Waals surface area contributed by atoms with Gasteiger partial charge in [0.1, 0.15) is 17.9 Å². The molecule has 0 fully saturated rings. The average Bonchev–Trinajstić information content (AvgIpc) is 3.22. The maximum atomic E-state index is 14.5. The molecule has 0 atom stereocenters. The standard InChI is InChI=1S/C23H23FN4O3S/c1-14-9-20(24)18(21(10-14)31-3)8-6-16-5-7-17(23-27-26-13-28(16)23)19-12-25-22(11-15(19)2)32(4,29)30/h5,7,9-13H,6,8H2,1-4H3. The molecule has 0 spiro atoms. The second kappa shape index (κ2) is 8.31. The molecule has 0 aliphatic rings. The zero-order valence-electron chi connectivity index (χ0n) is 18.3. The minimum absolute atomic E-state index is 0.0296. The molecule has 7 nitrogen and oxygen atoms in total. The average molecular weight is 455 g/mol. The quantitative estimate of drug-likeness (QED) is 0.441. The summed E-state index contributed by atoms with van der Waals surface area (Å²) in [7, 11) is -1.86. The number of aromatic nitrogens is 4. The third-order valence-corrected chi connectivity index (χ3v) is 6.43. The lowest BCUT2D eigenvalue weighted by molar-refractivity contribution is 0.404. The number of halogens is 1. The first kappa shape index (κ1) is 21.9. The number of rotatable bonds is 6. The highest BCUT2D eigenvalue weighted by molar-refractivity contribution is 7.90. The van der Waals surface area contributed by atoms with Gasteiger partial charge in [-0.05, 0) is 68.1 Å². The highest BCUT2D eigenvalue weighted by Gasteiger charge is 2.17. The molecule has 0 aliphatic carbocycles. The van der Waals surface area contributed by atoms with E-state index in [1.165, 1.54) is 13.2 Å². The van der Waals surface area contributed by atoms with E-state index in [2.05, 4.69) is 15.2 Å². The van der Waals surface area contributed by atoms with Crippen LogP contribution in [0.3, 0.4) is 0 Å². The Balaban J connectivity index is 1.70. The van der Waals surface area contributed by atoms with E-state index in [0.717, 1.165) is 34.2 Å². The fourth-order valence-electron chi connectivity index (χ4n) is 3.81. The van der Waals surface area contributed by atoms with Gasteiger partial charge in [0.2, 0.25) is 0 Å². The Hall–Kier alpha value is -3.33. The number of benzene rings is 1. The molecule has 32 heavy (non-hydrogen) atoms. The van der Waals surface area contributed by atoms with Gasteiger partial charge in [0.15, 0.2) is 20.5 Å². The van der Waals surface area contributed by atoms with E-state index < -0.39 is 9.84 Å². The van der Waals surface area contributed by atoms with Gasteiger partial charge in [0.05, 0.1) is 7.11 Å². The predicted octanol–water partition coefficient (Wildman–Crippen LogP) is 3.74. The molecule has 0 bridgehead atoms. The second-order valence-corrected chi connectivity index (χ2v) is 9.76. The summed E-state index contributed by atoms with van der Waals surface area (Å²) in [6.45, 7) is 3.66. The van der Waals surface area contributed by atoms with Crippen LogP contribution in [0.25, 0.3) is 16.8 Å². The van der Waals surface area contributed by atoms with Gasteiger partial charge < -0.3 is 4.74 Å². The van der Waals surface area contributed by atoms with Gasteiger partial charge in [-0.1, -0.05) is 0 Å². The fraction of sp³-hybridized carbons (Fsp3) is 0.261. The number of aryl methyl sites for hydroxylation is 3. The highest BCUT2D eigenvalue weighted by atomic mass is 32.2. The molecule has 3 aromatic heterocycles. The molecule has 0 amide bonds. The van der Waals surface area contributed by atoms with Crippen molar-refractivity contribution in [2.24, 2.45) is 0 Å². The van der Waals surface area contributed by atoms with E-state index >= 15 is 0 Å². The Morgan fingerprint density at radius 1 is 1.09 bits per heavy atom. The second-order valence-electron chi connectivity index (χ2n) is 7.80. The first-order chi connectivity index (χ1) is 15.2. The van der Waals surface area contributed by atoms with Gasteiger partial charge in [0.25, 0.3) is 0 Å². The molecule has 0 aliphatic heterocycles. The lowest BCUT2D eigenvalue weighted by atomic mass is 10.0. The minimum atomic E-state index is -3.39. The summed E-state index contributed by atoms with van der Waals surface area (Å²) in [5.41, 5.74) is 5.19. The molecule has 166 valence electrons. The largest absolute Gasteiger partial charge is 0.496 e. The van der Waals surface area contributed by atoms with E-state index in [1.807, 2.05) is 36.4 Å². The number of pyridine rings is 2. The van der Waals surface area contributed by atoms with Crippen LogP contribution in [-0.4, -0.2) is 41.4 Å². The maximum absolute atomic E-state index is 14.5. The Morgan fingerprint density at radius 2 is 1.88 bits per heavy atom. The molecule has 4 rings (SSSR count). The topological polar surface area (TPSA) is 86.5 Å². The van der Waals surface area contributed by atoms with Crippen molar-refractivity contribution in [3.05, 3.63) is 71.1 Å². The van der Waals surface area contributed by atoms with Crippen LogP contribution in [0.4, 0.5) is 4.39 Å². The monoisotopic (exact) mass is 454 g/mol. The van der Waals surface area contributed by atoms with Crippen LogP contribution in [0.15, 0.2) is 47.9 Å². The van der Waals surface area contributed by atoms with E-state index in [-0.39, 0.29) is 10.8 Å². The van der Waals surface area contributed by atoms with Crippen LogP contribution in [-0.2, 0) is 22.7 Å². The van der Waals surface area contributed by atoms with Crippen molar-refractivity contribution < 1.29 is 17.5 Å². The zero-order valence-corrected chi connectivity index (χ0v) is 19.1. The maximum Gasteiger partial charge on any atom is 0.192 e. The Bertz CT molecular complexity index is 1430. The molecule has 3 heterocycles. The van der Waals surface area contributed by atoms with Gasteiger partial charge in [-0.15, -0.1) is 10.2 Å². The molecular weight excluding hydrogens is 431 g/mol. The van der Waals surface area contributed by atoms with Gasteiger partial charge in [-0.2, -0.15) is 0 Å². The highest BCUT2D eigenvalue weighted by Crippen LogP contribution is 2.29. The number of fused-ring (bicyclic) bond motifs is 1. The van der Waals surface area contributed by atoms with Gasteiger partial charge in [-0.25, -0.2) is 17.8 Å². The Labute approximate surface area is 185 Å². The molecule has 1 aromatic carbocycles. The summed E-state index contributed by atoms with van der Waals surface area (Å²) < 4.78 is 45.4. The van der Waals surface area contributed by atoms with Crippen LogP contribution < -0.4 is 4.74 Å². The van der Waals surface area contributed by atoms with E-state index in [9.17, 15) is 12.8 Å². The predicted molar refractivity (Wildman–Crippen MR) is 119 cm³/mol. The number of hydrogen-bond acceptors (Lipinski definition) is 6. The van der Waals surface area contributed by atoms with Crippen LogP contribution in [0.2, 0.25) is 0 Å². The van der Waals surface area contributed by atoms with Crippen LogP contribution in [0.5, 0.6) is 5.75 Å². The number of ether oxygens (including phenoxy) is 1. The van der Waals surface area contributed by atoms with Gasteiger partial charge in [-0.3, -0.25) is 4.40 Å². The number of hydrogen-bond donors (Lipinski definition) is 0. The van der Waals surface area contributed by atoms with E-state index in [4.69, 9.17) is 4.74 Å². The summed E-state index contributed by atoms with van der Waals surface area (Å²) in [4.78, 5) is 4.11. The first-order valence-electron chi connectivity index (χ1n) is 10.0. The normalized spacial score (nSPS) is 11.8. The van der Waals surface area contributed by atoms with Crippen molar-refractivity contribution in [2.45, 2.75) is 31.7 Å². The van der Waals surface area contributed by atoms with Crippen LogP contribution in [0.1, 0.15) is 22.4 Å². The van der Waals surface area contributed by atoms with Crippen molar-refractivity contribution in [3.63, 3.8) is 0 Å². The number of methoxy groups -OCH3 is 1. The number of nitrogens with zero attached hydrogens (tertiary/aromatic N) is 4. The number of sulfone groups is 1. The zero-order chi connectivity index (χ0) is 23.0. The van der Waals surface area contributed by atoms with Crippen molar-refractivity contribution in [3.8, 4) is 16.9 Å². The fourth-order valence-corrected chi connectivity index (χ4v) is 4.45. The summed E-state index contributed by atoms with van der Waals surface area (Å²) in [5.74, 6) is 0.248. The Kier molecular flexibility index (Phi) is 5.68. The molecule has 0 N–H and O–H groups in total. The van der Waals surface area contributed by atoms with Crippen molar-refractivity contribution in [1.29, 1.82) is 0 Å². The summed E-state index contributed by atoms with van der Waals surface area (Å²) in [5, 5.41) is 8.33. The summed E-state index contributed by atoms with van der Waals surface area (Å²) in [6.07, 6.45) is 5.29. The molecule has 0 saturated heterocycles. The van der Waals surface area contributed by atoms with Gasteiger partial charge in [0, 0.05) is 34.8 Å². The van der Waals surface area contributed by atoms with Crippen LogP contribution >= 0.6 is 0 Å². The SMILES string of the molecule is COc1cc(C)cc(F)c1CCc1ccc(-c2cnc(S(C)(=O)=O)cc2C)c2nncn12. The van der Waals surface area contributed by atoms with E-state index in [0.29, 0.717) is 29.8 Å². The minimum Gasteiger partial charge on any atom is -0.496 e. The third-order valence-electron chi connectivity index (χ3n) is 5.45. The molecule has 0 radical (unpaired) electrons. The smallest absolute Gasteiger partial charge is 0.192 e. The van der Waals surface area contributed by atoms with Crippen LogP contribution in [0, 0.1) is 19.7 Å². The lowest BCUT2D eigenvalue weighted by Gasteiger charge is -2.13. The first-order valence-corrected chi connectivity index (χ1v) is 11.9.